The zero-order chi connectivity index (χ0) is 15.0. The Hall–Kier alpha value is -1.13. The van der Waals surface area contributed by atoms with E-state index in [1.54, 1.807) is 6.07 Å². The molecule has 1 aromatic carbocycles. The van der Waals surface area contributed by atoms with Gasteiger partial charge in [-0.2, -0.15) is 0 Å². The van der Waals surface area contributed by atoms with Gasteiger partial charge < -0.3 is 14.7 Å². The lowest BCUT2D eigenvalue weighted by atomic mass is 9.72. The monoisotopic (exact) mass is 293 g/mol. The van der Waals surface area contributed by atoms with E-state index < -0.39 is 5.60 Å². The molecule has 2 saturated heterocycles. The Balaban J connectivity index is 1.97. The zero-order valence-corrected chi connectivity index (χ0v) is 12.8. The van der Waals surface area contributed by atoms with Crippen molar-refractivity contribution in [2.24, 2.45) is 0 Å². The third-order valence-corrected chi connectivity index (χ3v) is 5.12. The summed E-state index contributed by atoms with van der Waals surface area (Å²) in [7, 11) is 2.14. The van der Waals surface area contributed by atoms with E-state index in [9.17, 15) is 9.50 Å². The number of fused-ring (bicyclic) bond motifs is 2. The lowest BCUT2D eigenvalue weighted by Gasteiger charge is -2.51. The summed E-state index contributed by atoms with van der Waals surface area (Å²) >= 11 is 0. The smallest absolute Gasteiger partial charge is 0.125 e. The highest BCUT2D eigenvalue weighted by Crippen LogP contribution is 2.46. The normalized spacial score (nSPS) is 33.0. The molecule has 2 unspecified atom stereocenters. The molecule has 4 heteroatoms. The van der Waals surface area contributed by atoms with Crippen LogP contribution in [0.25, 0.3) is 0 Å². The van der Waals surface area contributed by atoms with Crippen LogP contribution in [0.1, 0.15) is 44.6 Å². The van der Waals surface area contributed by atoms with Crippen LogP contribution >= 0.6 is 0 Å². The summed E-state index contributed by atoms with van der Waals surface area (Å²) in [6.07, 6.45) is 4.74. The van der Waals surface area contributed by atoms with Gasteiger partial charge in [-0.05, 0) is 57.9 Å². The first-order valence-electron chi connectivity index (χ1n) is 7.90. The number of piperidine rings is 2. The number of halogens is 1. The number of rotatable bonds is 3. The van der Waals surface area contributed by atoms with E-state index in [-0.39, 0.29) is 5.82 Å². The summed E-state index contributed by atoms with van der Waals surface area (Å²) in [5.74, 6) is 0.301. The molecule has 2 heterocycles. The molecular formula is C17H24FNO2. The number of ether oxygens (including phenoxy) is 1. The van der Waals surface area contributed by atoms with E-state index in [1.807, 2.05) is 6.92 Å². The van der Waals surface area contributed by atoms with Crippen molar-refractivity contribution in [1.29, 1.82) is 0 Å². The average molecular weight is 293 g/mol. The molecule has 0 aromatic heterocycles. The van der Waals surface area contributed by atoms with E-state index >= 15 is 0 Å². The number of hydrogen-bond donors (Lipinski definition) is 1. The van der Waals surface area contributed by atoms with Gasteiger partial charge in [0.1, 0.15) is 11.6 Å². The number of nitrogens with zero attached hydrogens (tertiary/aromatic N) is 1. The van der Waals surface area contributed by atoms with E-state index in [2.05, 4.69) is 11.9 Å². The predicted molar refractivity (Wildman–Crippen MR) is 79.9 cm³/mol. The van der Waals surface area contributed by atoms with Gasteiger partial charge >= 0.3 is 0 Å². The molecule has 0 spiro atoms. The highest BCUT2D eigenvalue weighted by molar-refractivity contribution is 5.39. The topological polar surface area (TPSA) is 32.7 Å². The summed E-state index contributed by atoms with van der Waals surface area (Å²) in [5, 5.41) is 11.2. The first-order chi connectivity index (χ1) is 10.0. The van der Waals surface area contributed by atoms with Crippen LogP contribution in [0.4, 0.5) is 4.39 Å². The van der Waals surface area contributed by atoms with Crippen molar-refractivity contribution in [2.75, 3.05) is 13.7 Å². The fourth-order valence-electron chi connectivity index (χ4n) is 4.02. The Kier molecular flexibility index (Phi) is 3.93. The van der Waals surface area contributed by atoms with Gasteiger partial charge in [0, 0.05) is 17.6 Å². The van der Waals surface area contributed by atoms with Crippen LogP contribution in [-0.4, -0.2) is 35.7 Å². The van der Waals surface area contributed by atoms with Crippen molar-refractivity contribution in [3.8, 4) is 5.75 Å². The van der Waals surface area contributed by atoms with E-state index in [0.29, 0.717) is 42.8 Å². The Morgan fingerprint density at radius 1 is 1.33 bits per heavy atom. The fourth-order valence-corrected chi connectivity index (χ4v) is 4.02. The molecular weight excluding hydrogens is 269 g/mol. The summed E-state index contributed by atoms with van der Waals surface area (Å²) in [6.45, 7) is 2.42. The lowest BCUT2D eigenvalue weighted by molar-refractivity contribution is -0.0886. The van der Waals surface area contributed by atoms with Gasteiger partial charge in [-0.3, -0.25) is 0 Å². The highest BCUT2D eigenvalue weighted by atomic mass is 19.1. The molecule has 2 bridgehead atoms. The molecule has 2 aliphatic heterocycles. The molecule has 116 valence electrons. The molecule has 1 aromatic rings. The number of aliphatic hydroxyl groups is 1. The Bertz CT molecular complexity index is 506. The Morgan fingerprint density at radius 2 is 2.00 bits per heavy atom. The fraction of sp³-hybridized carbons (Fsp3) is 0.647. The quantitative estimate of drug-likeness (QED) is 0.929. The first kappa shape index (κ1) is 14.8. The predicted octanol–water partition coefficient (Wildman–Crippen LogP) is 3.06. The number of hydrogen-bond acceptors (Lipinski definition) is 3. The number of benzene rings is 1. The van der Waals surface area contributed by atoms with Crippen LogP contribution in [0.5, 0.6) is 5.75 Å². The minimum atomic E-state index is -0.977. The molecule has 0 radical (unpaired) electrons. The van der Waals surface area contributed by atoms with Gasteiger partial charge in [-0.1, -0.05) is 6.42 Å². The zero-order valence-electron chi connectivity index (χ0n) is 12.8. The standard InChI is InChI=1S/C17H24FNO2/c1-3-21-16-8-7-12(18)9-15(16)17(20)10-13-5-4-6-14(11-17)19(13)2/h7-9,13-14,20H,3-6,10-11H2,1-2H3. The van der Waals surface area contributed by atoms with Gasteiger partial charge in [0.2, 0.25) is 0 Å². The van der Waals surface area contributed by atoms with Crippen LogP contribution in [0, 0.1) is 5.82 Å². The molecule has 0 saturated carbocycles. The van der Waals surface area contributed by atoms with Crippen LogP contribution < -0.4 is 4.74 Å². The first-order valence-corrected chi connectivity index (χ1v) is 7.90. The molecule has 0 amide bonds. The minimum absolute atomic E-state index is 0.314. The second-order valence-electron chi connectivity index (χ2n) is 6.42. The van der Waals surface area contributed by atoms with Gasteiger partial charge in [-0.15, -0.1) is 0 Å². The van der Waals surface area contributed by atoms with E-state index in [1.165, 1.54) is 18.6 Å². The summed E-state index contributed by atoms with van der Waals surface area (Å²) in [5.41, 5.74) is -0.358. The molecule has 21 heavy (non-hydrogen) atoms. The van der Waals surface area contributed by atoms with Gasteiger partial charge in [0.15, 0.2) is 0 Å². The molecule has 0 aliphatic carbocycles. The molecule has 3 rings (SSSR count). The molecule has 3 nitrogen and oxygen atoms in total. The second-order valence-corrected chi connectivity index (χ2v) is 6.42. The van der Waals surface area contributed by atoms with Crippen LogP contribution in [0.3, 0.4) is 0 Å². The molecule has 2 aliphatic rings. The summed E-state index contributed by atoms with van der Waals surface area (Å²) in [6, 6.07) is 5.24. The highest BCUT2D eigenvalue weighted by Gasteiger charge is 2.46. The SMILES string of the molecule is CCOc1ccc(F)cc1C1(O)CC2CCCC(C1)N2C. The minimum Gasteiger partial charge on any atom is -0.493 e. The maximum absolute atomic E-state index is 13.7. The maximum atomic E-state index is 13.7. The van der Waals surface area contributed by atoms with Gasteiger partial charge in [0.25, 0.3) is 0 Å². The molecule has 2 atom stereocenters. The third-order valence-electron chi connectivity index (χ3n) is 5.12. The van der Waals surface area contributed by atoms with Crippen molar-refractivity contribution in [3.05, 3.63) is 29.6 Å². The van der Waals surface area contributed by atoms with Crippen molar-refractivity contribution >= 4 is 0 Å². The second kappa shape index (κ2) is 5.58. The Morgan fingerprint density at radius 3 is 2.62 bits per heavy atom. The van der Waals surface area contributed by atoms with Crippen LogP contribution in [-0.2, 0) is 5.60 Å². The van der Waals surface area contributed by atoms with Gasteiger partial charge in [0.05, 0.1) is 12.2 Å². The van der Waals surface area contributed by atoms with Crippen molar-refractivity contribution in [1.82, 2.24) is 4.90 Å². The molecule has 2 fully saturated rings. The van der Waals surface area contributed by atoms with Crippen molar-refractivity contribution < 1.29 is 14.2 Å². The van der Waals surface area contributed by atoms with Crippen LogP contribution in [0.15, 0.2) is 18.2 Å². The van der Waals surface area contributed by atoms with Crippen molar-refractivity contribution in [3.63, 3.8) is 0 Å². The summed E-state index contributed by atoms with van der Waals surface area (Å²) < 4.78 is 19.3. The lowest BCUT2D eigenvalue weighted by Crippen LogP contribution is -2.55. The van der Waals surface area contributed by atoms with E-state index in [4.69, 9.17) is 4.74 Å². The largest absolute Gasteiger partial charge is 0.493 e. The van der Waals surface area contributed by atoms with Crippen LogP contribution in [0.2, 0.25) is 0 Å². The summed E-state index contributed by atoms with van der Waals surface area (Å²) in [4.78, 5) is 2.39. The Labute approximate surface area is 125 Å². The average Bonchev–Trinajstić information content (AvgIpc) is 2.43. The third kappa shape index (κ3) is 2.67. The maximum Gasteiger partial charge on any atom is 0.125 e. The van der Waals surface area contributed by atoms with Gasteiger partial charge in [-0.25, -0.2) is 4.39 Å². The van der Waals surface area contributed by atoms with Crippen molar-refractivity contribution in [2.45, 2.75) is 56.7 Å². The van der Waals surface area contributed by atoms with E-state index in [0.717, 1.165) is 12.8 Å². The molecule has 1 N–H and O–H groups in total.